The number of para-hydroxylation sites is 1. The van der Waals surface area contributed by atoms with E-state index in [0.29, 0.717) is 12.8 Å². The second kappa shape index (κ2) is 5.26. The number of hydrogen-bond donors (Lipinski definition) is 3. The molecule has 1 fully saturated rings. The molecule has 0 aliphatic heterocycles. The van der Waals surface area contributed by atoms with Crippen LogP contribution in [0, 0.1) is 11.2 Å². The van der Waals surface area contributed by atoms with Gasteiger partial charge in [0.25, 0.3) is 0 Å². The molecule has 4 N–H and O–H groups in total. The van der Waals surface area contributed by atoms with Gasteiger partial charge in [-0.15, -0.1) is 0 Å². The standard InChI is InChI=1S/C13H16FN3O2/c14-9-5-1-2-6-10(9)16-12(18)13(11(15)17-19)7-3-4-8-13/h1-2,5-6,19H,3-4,7-8H2,(H2,15,17)(H,16,18). The molecular formula is C13H16FN3O2. The van der Waals surface area contributed by atoms with Crippen molar-refractivity contribution in [2.24, 2.45) is 16.3 Å². The minimum atomic E-state index is -1.03. The van der Waals surface area contributed by atoms with Crippen LogP contribution in [-0.4, -0.2) is 17.0 Å². The van der Waals surface area contributed by atoms with E-state index in [1.54, 1.807) is 12.1 Å². The summed E-state index contributed by atoms with van der Waals surface area (Å²) < 4.78 is 13.5. The molecule has 0 heterocycles. The van der Waals surface area contributed by atoms with Gasteiger partial charge >= 0.3 is 0 Å². The Balaban J connectivity index is 2.25. The molecule has 1 aromatic rings. The molecule has 0 spiro atoms. The molecule has 0 radical (unpaired) electrons. The van der Waals surface area contributed by atoms with Crippen LogP contribution in [0.5, 0.6) is 0 Å². The van der Waals surface area contributed by atoms with Gasteiger partial charge < -0.3 is 16.3 Å². The predicted molar refractivity (Wildman–Crippen MR) is 69.3 cm³/mol. The largest absolute Gasteiger partial charge is 0.409 e. The van der Waals surface area contributed by atoms with Gasteiger partial charge in [-0.05, 0) is 25.0 Å². The van der Waals surface area contributed by atoms with Crippen LogP contribution in [0.1, 0.15) is 25.7 Å². The van der Waals surface area contributed by atoms with E-state index in [9.17, 15) is 9.18 Å². The normalized spacial score (nSPS) is 18.3. The third-order valence-electron chi connectivity index (χ3n) is 3.61. The van der Waals surface area contributed by atoms with E-state index in [-0.39, 0.29) is 11.5 Å². The molecule has 1 aliphatic carbocycles. The molecule has 0 bridgehead atoms. The van der Waals surface area contributed by atoms with Gasteiger partial charge in [0.2, 0.25) is 5.91 Å². The lowest BCUT2D eigenvalue weighted by molar-refractivity contribution is -0.122. The molecule has 0 atom stereocenters. The zero-order valence-electron chi connectivity index (χ0n) is 10.4. The first-order valence-electron chi connectivity index (χ1n) is 6.14. The second-order valence-electron chi connectivity index (χ2n) is 4.71. The van der Waals surface area contributed by atoms with E-state index >= 15 is 0 Å². The Bertz CT molecular complexity index is 510. The molecule has 19 heavy (non-hydrogen) atoms. The Labute approximate surface area is 110 Å². The van der Waals surface area contributed by atoms with E-state index < -0.39 is 17.1 Å². The maximum absolute atomic E-state index is 13.5. The summed E-state index contributed by atoms with van der Waals surface area (Å²) in [6.07, 6.45) is 2.65. The molecule has 0 saturated heterocycles. The van der Waals surface area contributed by atoms with Gasteiger partial charge in [0.05, 0.1) is 5.69 Å². The van der Waals surface area contributed by atoms with E-state index in [0.717, 1.165) is 12.8 Å². The summed E-state index contributed by atoms with van der Waals surface area (Å²) in [6.45, 7) is 0. The number of amidine groups is 1. The number of hydrogen-bond acceptors (Lipinski definition) is 3. The van der Waals surface area contributed by atoms with Crippen LogP contribution in [0.4, 0.5) is 10.1 Å². The number of carbonyl (C=O) groups excluding carboxylic acids is 1. The SMILES string of the molecule is NC(=NO)C1(C(=O)Nc2ccccc2F)CCCC1. The summed E-state index contributed by atoms with van der Waals surface area (Å²) in [5.41, 5.74) is 4.72. The Morgan fingerprint density at radius 1 is 1.37 bits per heavy atom. The van der Waals surface area contributed by atoms with Gasteiger partial charge in [-0.2, -0.15) is 0 Å². The Morgan fingerprint density at radius 3 is 2.58 bits per heavy atom. The monoisotopic (exact) mass is 265 g/mol. The van der Waals surface area contributed by atoms with Gasteiger partial charge in [-0.25, -0.2) is 4.39 Å². The summed E-state index contributed by atoms with van der Waals surface area (Å²) in [5, 5.41) is 14.3. The summed E-state index contributed by atoms with van der Waals surface area (Å²) in [6, 6.07) is 5.91. The lowest BCUT2D eigenvalue weighted by atomic mass is 9.83. The van der Waals surface area contributed by atoms with Crippen molar-refractivity contribution in [3.8, 4) is 0 Å². The predicted octanol–water partition coefficient (Wildman–Crippen LogP) is 2.07. The Hall–Kier alpha value is -2.11. The van der Waals surface area contributed by atoms with Crippen LogP contribution in [-0.2, 0) is 4.79 Å². The van der Waals surface area contributed by atoms with Crippen molar-refractivity contribution < 1.29 is 14.4 Å². The summed E-state index contributed by atoms with van der Waals surface area (Å²) in [5.74, 6) is -1.05. The first kappa shape index (κ1) is 13.3. The number of nitrogens with one attached hydrogen (secondary N) is 1. The number of benzene rings is 1. The van der Waals surface area contributed by atoms with Gasteiger partial charge in [0.1, 0.15) is 11.2 Å². The third-order valence-corrected chi connectivity index (χ3v) is 3.61. The Kier molecular flexibility index (Phi) is 3.69. The number of nitrogens with zero attached hydrogens (tertiary/aromatic N) is 1. The number of oxime groups is 1. The maximum atomic E-state index is 13.5. The quantitative estimate of drug-likeness (QED) is 0.338. The smallest absolute Gasteiger partial charge is 0.238 e. The van der Waals surface area contributed by atoms with Crippen LogP contribution < -0.4 is 11.1 Å². The van der Waals surface area contributed by atoms with E-state index in [1.165, 1.54) is 12.1 Å². The van der Waals surface area contributed by atoms with Crippen LogP contribution in [0.3, 0.4) is 0 Å². The van der Waals surface area contributed by atoms with Crippen molar-refractivity contribution in [1.29, 1.82) is 0 Å². The van der Waals surface area contributed by atoms with Crippen LogP contribution in [0.25, 0.3) is 0 Å². The topological polar surface area (TPSA) is 87.7 Å². The first-order chi connectivity index (χ1) is 9.10. The minimum Gasteiger partial charge on any atom is -0.409 e. The van der Waals surface area contributed by atoms with Crippen LogP contribution in [0.15, 0.2) is 29.4 Å². The highest BCUT2D eigenvalue weighted by molar-refractivity contribution is 6.12. The summed E-state index contributed by atoms with van der Waals surface area (Å²) >= 11 is 0. The zero-order chi connectivity index (χ0) is 13.9. The number of amides is 1. The van der Waals surface area contributed by atoms with Crippen LogP contribution in [0.2, 0.25) is 0 Å². The fourth-order valence-electron chi connectivity index (χ4n) is 2.48. The van der Waals surface area contributed by atoms with E-state index in [4.69, 9.17) is 10.9 Å². The van der Waals surface area contributed by atoms with E-state index in [1.807, 2.05) is 0 Å². The van der Waals surface area contributed by atoms with E-state index in [2.05, 4.69) is 10.5 Å². The molecule has 1 aliphatic rings. The molecular weight excluding hydrogens is 249 g/mol. The van der Waals surface area contributed by atoms with Gasteiger partial charge in [-0.3, -0.25) is 4.79 Å². The lowest BCUT2D eigenvalue weighted by Crippen LogP contribution is -2.45. The first-order valence-corrected chi connectivity index (χ1v) is 6.14. The fraction of sp³-hybridized carbons (Fsp3) is 0.385. The highest BCUT2D eigenvalue weighted by Crippen LogP contribution is 2.39. The lowest BCUT2D eigenvalue weighted by Gasteiger charge is -2.26. The van der Waals surface area contributed by atoms with Crippen LogP contribution >= 0.6 is 0 Å². The zero-order valence-corrected chi connectivity index (χ0v) is 10.4. The molecule has 6 heteroatoms. The molecule has 5 nitrogen and oxygen atoms in total. The number of nitrogens with two attached hydrogens (primary N) is 1. The summed E-state index contributed by atoms with van der Waals surface area (Å²) in [4.78, 5) is 12.3. The average molecular weight is 265 g/mol. The average Bonchev–Trinajstić information content (AvgIpc) is 2.91. The van der Waals surface area contributed by atoms with Crippen molar-refractivity contribution in [2.45, 2.75) is 25.7 Å². The molecule has 0 aromatic heterocycles. The van der Waals surface area contributed by atoms with Crippen molar-refractivity contribution in [2.75, 3.05) is 5.32 Å². The number of halogens is 1. The van der Waals surface area contributed by atoms with Gasteiger partial charge in [-0.1, -0.05) is 30.1 Å². The van der Waals surface area contributed by atoms with Crippen molar-refractivity contribution in [3.63, 3.8) is 0 Å². The second-order valence-corrected chi connectivity index (χ2v) is 4.71. The summed E-state index contributed by atoms with van der Waals surface area (Å²) in [7, 11) is 0. The van der Waals surface area contributed by atoms with Gasteiger partial charge in [0, 0.05) is 0 Å². The number of anilines is 1. The molecule has 1 saturated carbocycles. The van der Waals surface area contributed by atoms with Crippen molar-refractivity contribution >= 4 is 17.4 Å². The minimum absolute atomic E-state index is 0.101. The maximum Gasteiger partial charge on any atom is 0.238 e. The fourth-order valence-corrected chi connectivity index (χ4v) is 2.48. The molecule has 0 unspecified atom stereocenters. The number of rotatable bonds is 3. The number of carbonyl (C=O) groups is 1. The Morgan fingerprint density at radius 2 is 2.00 bits per heavy atom. The third kappa shape index (κ3) is 2.38. The molecule has 1 aromatic carbocycles. The highest BCUT2D eigenvalue weighted by atomic mass is 19.1. The van der Waals surface area contributed by atoms with Crippen molar-refractivity contribution in [1.82, 2.24) is 0 Å². The van der Waals surface area contributed by atoms with Gasteiger partial charge in [0.15, 0.2) is 5.84 Å². The highest BCUT2D eigenvalue weighted by Gasteiger charge is 2.45. The molecule has 102 valence electrons. The molecule has 1 amide bonds. The van der Waals surface area contributed by atoms with Crippen molar-refractivity contribution in [3.05, 3.63) is 30.1 Å². The molecule has 2 rings (SSSR count).